The number of primary amides is 1. The van der Waals surface area contributed by atoms with E-state index < -0.39 is 0 Å². The number of nitrogens with two attached hydrogens (primary N) is 2. The van der Waals surface area contributed by atoms with Gasteiger partial charge in [-0.3, -0.25) is 9.69 Å². The van der Waals surface area contributed by atoms with Crippen LogP contribution in [0.4, 0.5) is 0 Å². The fraction of sp³-hybridized carbons (Fsp3) is 0.889. The summed E-state index contributed by atoms with van der Waals surface area (Å²) in [6.07, 6.45) is 4.16. The standard InChI is InChI=1S/C9H19N3O/c10-5-3-7-12-6-2-1-4-8(12)9(11)13/h8H,1-7,10H2,(H2,11,13). The second kappa shape index (κ2) is 5.19. The number of rotatable bonds is 4. The highest BCUT2D eigenvalue weighted by Crippen LogP contribution is 2.16. The maximum Gasteiger partial charge on any atom is 0.234 e. The molecule has 0 spiro atoms. The van der Waals surface area contributed by atoms with Crippen LogP contribution in [0, 0.1) is 0 Å². The number of hydrogen-bond donors (Lipinski definition) is 2. The topological polar surface area (TPSA) is 72.3 Å². The third-order valence-electron chi connectivity index (χ3n) is 2.59. The van der Waals surface area contributed by atoms with Gasteiger partial charge in [0.25, 0.3) is 0 Å². The second-order valence-corrected chi connectivity index (χ2v) is 3.59. The molecule has 76 valence electrons. The number of nitrogens with zero attached hydrogens (tertiary/aromatic N) is 1. The van der Waals surface area contributed by atoms with E-state index in [4.69, 9.17) is 11.5 Å². The second-order valence-electron chi connectivity index (χ2n) is 3.59. The molecule has 4 heteroatoms. The highest BCUT2D eigenvalue weighted by Gasteiger charge is 2.25. The average Bonchev–Trinajstić information content (AvgIpc) is 2.15. The molecule has 0 aliphatic carbocycles. The van der Waals surface area contributed by atoms with Gasteiger partial charge in [-0.05, 0) is 32.4 Å². The summed E-state index contributed by atoms with van der Waals surface area (Å²) in [6.45, 7) is 2.58. The van der Waals surface area contributed by atoms with Crippen LogP contribution < -0.4 is 11.5 Å². The summed E-state index contributed by atoms with van der Waals surface area (Å²) in [5, 5.41) is 0. The quantitative estimate of drug-likeness (QED) is 0.630. The first-order valence-electron chi connectivity index (χ1n) is 4.99. The third-order valence-corrected chi connectivity index (χ3v) is 2.59. The van der Waals surface area contributed by atoms with Crippen LogP contribution in [0.25, 0.3) is 0 Å². The number of likely N-dealkylation sites (tertiary alicyclic amines) is 1. The molecule has 1 fully saturated rings. The van der Waals surface area contributed by atoms with Crippen molar-refractivity contribution in [2.24, 2.45) is 11.5 Å². The molecule has 1 amide bonds. The summed E-state index contributed by atoms with van der Waals surface area (Å²) in [5.41, 5.74) is 10.7. The minimum atomic E-state index is -0.184. The molecule has 0 saturated carbocycles. The minimum Gasteiger partial charge on any atom is -0.368 e. The van der Waals surface area contributed by atoms with Crippen LogP contribution in [0.3, 0.4) is 0 Å². The van der Waals surface area contributed by atoms with Gasteiger partial charge in [0.05, 0.1) is 6.04 Å². The van der Waals surface area contributed by atoms with Crippen molar-refractivity contribution in [2.45, 2.75) is 31.7 Å². The smallest absolute Gasteiger partial charge is 0.234 e. The molecule has 0 aromatic rings. The number of carbonyl (C=O) groups is 1. The lowest BCUT2D eigenvalue weighted by Crippen LogP contribution is -2.48. The Hall–Kier alpha value is -0.610. The summed E-state index contributed by atoms with van der Waals surface area (Å²) in [6, 6.07) is -0.0414. The Morgan fingerprint density at radius 1 is 1.46 bits per heavy atom. The lowest BCUT2D eigenvalue weighted by molar-refractivity contribution is -0.124. The van der Waals surface area contributed by atoms with Crippen molar-refractivity contribution >= 4 is 5.91 Å². The first-order valence-corrected chi connectivity index (χ1v) is 4.99. The van der Waals surface area contributed by atoms with E-state index in [0.29, 0.717) is 6.54 Å². The Labute approximate surface area is 79.3 Å². The molecule has 4 N–H and O–H groups in total. The van der Waals surface area contributed by atoms with Crippen molar-refractivity contribution in [2.75, 3.05) is 19.6 Å². The zero-order valence-electron chi connectivity index (χ0n) is 8.04. The van der Waals surface area contributed by atoms with Crippen molar-refractivity contribution in [1.82, 2.24) is 4.90 Å². The van der Waals surface area contributed by atoms with E-state index in [-0.39, 0.29) is 11.9 Å². The molecule has 1 saturated heterocycles. The number of carbonyl (C=O) groups excluding carboxylic acids is 1. The van der Waals surface area contributed by atoms with Crippen LogP contribution in [0.1, 0.15) is 25.7 Å². The van der Waals surface area contributed by atoms with Gasteiger partial charge in [-0.25, -0.2) is 0 Å². The maximum absolute atomic E-state index is 11.1. The van der Waals surface area contributed by atoms with Gasteiger partial charge >= 0.3 is 0 Å². The van der Waals surface area contributed by atoms with Gasteiger partial charge in [-0.15, -0.1) is 0 Å². The normalized spacial score (nSPS) is 24.5. The molecule has 1 rings (SSSR count). The molecule has 0 bridgehead atoms. The Morgan fingerprint density at radius 3 is 2.85 bits per heavy atom. The van der Waals surface area contributed by atoms with Gasteiger partial charge in [-0.1, -0.05) is 6.42 Å². The lowest BCUT2D eigenvalue weighted by Gasteiger charge is -2.33. The first kappa shape index (κ1) is 10.5. The van der Waals surface area contributed by atoms with E-state index >= 15 is 0 Å². The van der Waals surface area contributed by atoms with Crippen LogP contribution in [0.2, 0.25) is 0 Å². The van der Waals surface area contributed by atoms with Gasteiger partial charge in [0.15, 0.2) is 0 Å². The van der Waals surface area contributed by atoms with E-state index in [0.717, 1.165) is 32.4 Å². The summed E-state index contributed by atoms with van der Waals surface area (Å²) in [7, 11) is 0. The molecule has 1 atom stereocenters. The zero-order valence-corrected chi connectivity index (χ0v) is 8.04. The van der Waals surface area contributed by atoms with E-state index in [1.807, 2.05) is 0 Å². The fourth-order valence-corrected chi connectivity index (χ4v) is 1.88. The number of amides is 1. The van der Waals surface area contributed by atoms with Gasteiger partial charge < -0.3 is 11.5 Å². The minimum absolute atomic E-state index is 0.0414. The van der Waals surface area contributed by atoms with Crippen molar-refractivity contribution in [3.05, 3.63) is 0 Å². The van der Waals surface area contributed by atoms with Crippen molar-refractivity contribution < 1.29 is 4.79 Å². The van der Waals surface area contributed by atoms with Crippen LogP contribution in [0.5, 0.6) is 0 Å². The molecule has 1 unspecified atom stereocenters. The molecule has 1 aliphatic heterocycles. The summed E-state index contributed by atoms with van der Waals surface area (Å²) in [4.78, 5) is 13.2. The lowest BCUT2D eigenvalue weighted by atomic mass is 10.0. The number of piperidine rings is 1. The Kier molecular flexibility index (Phi) is 4.18. The van der Waals surface area contributed by atoms with Crippen molar-refractivity contribution in [3.63, 3.8) is 0 Å². The summed E-state index contributed by atoms with van der Waals surface area (Å²) < 4.78 is 0. The third kappa shape index (κ3) is 2.97. The SMILES string of the molecule is NCCCN1CCCCC1C(N)=O. The fourth-order valence-electron chi connectivity index (χ4n) is 1.88. The van der Waals surface area contributed by atoms with Crippen molar-refractivity contribution in [3.8, 4) is 0 Å². The highest BCUT2D eigenvalue weighted by atomic mass is 16.1. The van der Waals surface area contributed by atoms with Gasteiger partial charge in [0.2, 0.25) is 5.91 Å². The van der Waals surface area contributed by atoms with Crippen LogP contribution in [0.15, 0.2) is 0 Å². The Morgan fingerprint density at radius 2 is 2.23 bits per heavy atom. The molecular weight excluding hydrogens is 166 g/mol. The van der Waals surface area contributed by atoms with Gasteiger partial charge in [0.1, 0.15) is 0 Å². The first-order chi connectivity index (χ1) is 6.25. The molecular formula is C9H19N3O. The monoisotopic (exact) mass is 185 g/mol. The van der Waals surface area contributed by atoms with E-state index in [9.17, 15) is 4.79 Å². The van der Waals surface area contributed by atoms with E-state index in [1.165, 1.54) is 6.42 Å². The molecule has 1 heterocycles. The van der Waals surface area contributed by atoms with Gasteiger partial charge in [0, 0.05) is 6.54 Å². The Balaban J connectivity index is 2.41. The van der Waals surface area contributed by atoms with Crippen molar-refractivity contribution in [1.29, 1.82) is 0 Å². The molecule has 4 nitrogen and oxygen atoms in total. The highest BCUT2D eigenvalue weighted by molar-refractivity contribution is 5.79. The van der Waals surface area contributed by atoms with E-state index in [1.54, 1.807) is 0 Å². The predicted molar refractivity (Wildman–Crippen MR) is 52.1 cm³/mol. The molecule has 1 aliphatic rings. The largest absolute Gasteiger partial charge is 0.368 e. The van der Waals surface area contributed by atoms with E-state index in [2.05, 4.69) is 4.90 Å². The Bertz CT molecular complexity index is 172. The number of hydrogen-bond acceptors (Lipinski definition) is 3. The predicted octanol–water partition coefficient (Wildman–Crippen LogP) is -0.325. The van der Waals surface area contributed by atoms with Crippen LogP contribution >= 0.6 is 0 Å². The van der Waals surface area contributed by atoms with Gasteiger partial charge in [-0.2, -0.15) is 0 Å². The zero-order chi connectivity index (χ0) is 9.68. The van der Waals surface area contributed by atoms with Crippen LogP contribution in [-0.2, 0) is 4.79 Å². The molecule has 13 heavy (non-hydrogen) atoms. The maximum atomic E-state index is 11.1. The molecule has 0 aromatic heterocycles. The summed E-state index contributed by atoms with van der Waals surface area (Å²) in [5.74, 6) is -0.184. The molecule has 0 aromatic carbocycles. The average molecular weight is 185 g/mol. The summed E-state index contributed by atoms with van der Waals surface area (Å²) >= 11 is 0. The van der Waals surface area contributed by atoms with Crippen LogP contribution in [-0.4, -0.2) is 36.5 Å². The molecule has 0 radical (unpaired) electrons.